The molecular weight excluding hydrogens is 302 g/mol. The van der Waals surface area contributed by atoms with Gasteiger partial charge in [-0.1, -0.05) is 15.9 Å². The van der Waals surface area contributed by atoms with Gasteiger partial charge < -0.3 is 10.1 Å². The van der Waals surface area contributed by atoms with Crippen LogP contribution in [0.3, 0.4) is 0 Å². The van der Waals surface area contributed by atoms with Crippen molar-refractivity contribution in [2.45, 2.75) is 13.1 Å². The van der Waals surface area contributed by atoms with E-state index in [9.17, 15) is 0 Å². The molecule has 90 valence electrons. The normalized spacial score (nSPS) is 10.5. The molecule has 1 N–H and O–H groups in total. The summed E-state index contributed by atoms with van der Waals surface area (Å²) in [6.07, 6.45) is 1.77. The van der Waals surface area contributed by atoms with Gasteiger partial charge >= 0.3 is 0 Å². The van der Waals surface area contributed by atoms with E-state index in [2.05, 4.69) is 30.0 Å². The number of hydrogen-bond acceptors (Lipinski definition) is 5. The monoisotopic (exact) mass is 313 g/mol. The summed E-state index contributed by atoms with van der Waals surface area (Å²) in [5.41, 5.74) is 2.08. The fraction of sp³-hybridized carbons (Fsp3) is 0.273. The van der Waals surface area contributed by atoms with Crippen LogP contribution in [-0.2, 0) is 13.1 Å². The molecule has 4 nitrogen and oxygen atoms in total. The number of benzene rings is 1. The van der Waals surface area contributed by atoms with Crippen LogP contribution in [0.4, 0.5) is 0 Å². The van der Waals surface area contributed by atoms with Crippen LogP contribution < -0.4 is 10.1 Å². The molecule has 0 saturated carbocycles. The van der Waals surface area contributed by atoms with E-state index in [1.165, 1.54) is 11.7 Å². The van der Waals surface area contributed by atoms with Crippen LogP contribution in [0.15, 0.2) is 28.9 Å². The number of nitrogens with one attached hydrogen (secondary N) is 1. The second kappa shape index (κ2) is 6.09. The molecule has 0 aliphatic carbocycles. The van der Waals surface area contributed by atoms with Gasteiger partial charge in [0.25, 0.3) is 0 Å². The number of aromatic nitrogens is 2. The predicted molar refractivity (Wildman–Crippen MR) is 71.1 cm³/mol. The van der Waals surface area contributed by atoms with E-state index in [0.29, 0.717) is 6.54 Å². The second-order valence-electron chi connectivity index (χ2n) is 3.46. The fourth-order valence-corrected chi connectivity index (χ4v) is 2.31. The van der Waals surface area contributed by atoms with Crippen molar-refractivity contribution in [3.63, 3.8) is 0 Å². The maximum Gasteiger partial charge on any atom is 0.123 e. The molecule has 1 heterocycles. The molecule has 0 unspecified atom stereocenters. The first-order valence-electron chi connectivity index (χ1n) is 5.09. The van der Waals surface area contributed by atoms with Gasteiger partial charge in [0, 0.05) is 23.1 Å². The van der Waals surface area contributed by atoms with Crippen LogP contribution in [0.2, 0.25) is 0 Å². The molecule has 0 atom stereocenters. The number of ether oxygens (including phenoxy) is 1. The van der Waals surface area contributed by atoms with Gasteiger partial charge in [0.1, 0.15) is 5.75 Å². The lowest BCUT2D eigenvalue weighted by molar-refractivity contribution is 0.407. The van der Waals surface area contributed by atoms with Crippen LogP contribution in [0.5, 0.6) is 5.75 Å². The molecule has 0 aliphatic rings. The number of rotatable bonds is 5. The smallest absolute Gasteiger partial charge is 0.123 e. The standard InChI is InChI=1S/C11H12BrN3OS/c1-16-11-3-2-9(12)4-8(11)5-13-6-10-7-14-17-15-10/h2-4,7,13H,5-6H2,1H3. The van der Waals surface area contributed by atoms with E-state index in [4.69, 9.17) is 4.74 Å². The van der Waals surface area contributed by atoms with Crippen LogP contribution in [0.1, 0.15) is 11.3 Å². The Hall–Kier alpha value is -0.980. The summed E-state index contributed by atoms with van der Waals surface area (Å²) in [4.78, 5) is 0. The fourth-order valence-electron chi connectivity index (χ4n) is 1.47. The molecule has 17 heavy (non-hydrogen) atoms. The van der Waals surface area contributed by atoms with Crippen molar-refractivity contribution in [3.05, 3.63) is 40.1 Å². The van der Waals surface area contributed by atoms with Gasteiger partial charge in [-0.15, -0.1) is 0 Å². The molecule has 0 spiro atoms. The number of methoxy groups -OCH3 is 1. The number of hydrogen-bond donors (Lipinski definition) is 1. The SMILES string of the molecule is COc1ccc(Br)cc1CNCc1cnsn1. The van der Waals surface area contributed by atoms with E-state index in [-0.39, 0.29) is 0 Å². The molecule has 0 bridgehead atoms. The summed E-state index contributed by atoms with van der Waals surface area (Å²) in [6.45, 7) is 1.45. The van der Waals surface area contributed by atoms with Crippen molar-refractivity contribution in [2.75, 3.05) is 7.11 Å². The zero-order valence-corrected chi connectivity index (χ0v) is 11.7. The summed E-state index contributed by atoms with van der Waals surface area (Å²) in [5.74, 6) is 0.886. The Morgan fingerprint density at radius 1 is 1.41 bits per heavy atom. The summed E-state index contributed by atoms with van der Waals surface area (Å²) in [6, 6.07) is 5.96. The Kier molecular flexibility index (Phi) is 4.47. The van der Waals surface area contributed by atoms with Crippen molar-refractivity contribution in [1.29, 1.82) is 0 Å². The van der Waals surface area contributed by atoms with Crippen molar-refractivity contribution in [1.82, 2.24) is 14.1 Å². The third-order valence-corrected chi connectivity index (χ3v) is 3.28. The highest BCUT2D eigenvalue weighted by Crippen LogP contribution is 2.22. The largest absolute Gasteiger partial charge is 0.496 e. The molecule has 0 radical (unpaired) electrons. The van der Waals surface area contributed by atoms with Gasteiger partial charge in [0.15, 0.2) is 0 Å². The molecule has 2 aromatic rings. The first-order chi connectivity index (χ1) is 8.29. The van der Waals surface area contributed by atoms with Gasteiger partial charge in [0.2, 0.25) is 0 Å². The van der Waals surface area contributed by atoms with Crippen LogP contribution >= 0.6 is 27.7 Å². The molecule has 1 aromatic carbocycles. The first-order valence-corrected chi connectivity index (χ1v) is 6.61. The third kappa shape index (κ3) is 3.49. The highest BCUT2D eigenvalue weighted by molar-refractivity contribution is 9.10. The maximum absolute atomic E-state index is 5.30. The zero-order chi connectivity index (χ0) is 12.1. The Bertz CT molecular complexity index is 476. The van der Waals surface area contributed by atoms with Crippen LogP contribution in [0.25, 0.3) is 0 Å². The van der Waals surface area contributed by atoms with Crippen LogP contribution in [0, 0.1) is 0 Å². The van der Waals surface area contributed by atoms with Gasteiger partial charge in [-0.25, -0.2) is 0 Å². The zero-order valence-electron chi connectivity index (χ0n) is 9.31. The maximum atomic E-state index is 5.30. The second-order valence-corrected chi connectivity index (χ2v) is 4.93. The number of nitrogens with zero attached hydrogens (tertiary/aromatic N) is 2. The Balaban J connectivity index is 1.96. The summed E-state index contributed by atoms with van der Waals surface area (Å²) in [5, 5.41) is 3.31. The molecule has 0 fully saturated rings. The highest BCUT2D eigenvalue weighted by atomic mass is 79.9. The van der Waals surface area contributed by atoms with Gasteiger partial charge in [-0.3, -0.25) is 0 Å². The van der Waals surface area contributed by atoms with E-state index in [1.807, 2.05) is 18.2 Å². The minimum Gasteiger partial charge on any atom is -0.496 e. The topological polar surface area (TPSA) is 47.0 Å². The lowest BCUT2D eigenvalue weighted by atomic mass is 10.2. The lowest BCUT2D eigenvalue weighted by Crippen LogP contribution is -2.13. The minimum absolute atomic E-state index is 0.714. The molecule has 1 aromatic heterocycles. The van der Waals surface area contributed by atoms with Gasteiger partial charge in [-0.05, 0) is 18.2 Å². The van der Waals surface area contributed by atoms with Gasteiger partial charge in [0.05, 0.1) is 30.7 Å². The lowest BCUT2D eigenvalue weighted by Gasteiger charge is -2.09. The molecule has 0 amide bonds. The average molecular weight is 314 g/mol. The number of halogens is 1. The van der Waals surface area contributed by atoms with E-state index < -0.39 is 0 Å². The first kappa shape index (κ1) is 12.5. The summed E-state index contributed by atoms with van der Waals surface area (Å²) in [7, 11) is 1.68. The molecule has 2 rings (SSSR count). The molecule has 6 heteroatoms. The third-order valence-electron chi connectivity index (χ3n) is 2.27. The van der Waals surface area contributed by atoms with E-state index in [0.717, 1.165) is 28.0 Å². The van der Waals surface area contributed by atoms with Crippen molar-refractivity contribution in [2.24, 2.45) is 0 Å². The van der Waals surface area contributed by atoms with Gasteiger partial charge in [-0.2, -0.15) is 8.75 Å². The quantitative estimate of drug-likeness (QED) is 0.921. The highest BCUT2D eigenvalue weighted by Gasteiger charge is 2.03. The Labute approximate surface area is 112 Å². The van der Waals surface area contributed by atoms with Crippen molar-refractivity contribution < 1.29 is 4.74 Å². The van der Waals surface area contributed by atoms with E-state index >= 15 is 0 Å². The molecular formula is C11H12BrN3OS. The molecule has 0 aliphatic heterocycles. The summed E-state index contributed by atoms with van der Waals surface area (Å²) >= 11 is 4.68. The Morgan fingerprint density at radius 2 is 2.29 bits per heavy atom. The molecule has 0 saturated heterocycles. The summed E-state index contributed by atoms with van der Waals surface area (Å²) < 4.78 is 14.4. The van der Waals surface area contributed by atoms with E-state index in [1.54, 1.807) is 13.3 Å². The van der Waals surface area contributed by atoms with Crippen LogP contribution in [-0.4, -0.2) is 15.9 Å². The Morgan fingerprint density at radius 3 is 3.00 bits per heavy atom. The average Bonchev–Trinajstić information content (AvgIpc) is 2.82. The predicted octanol–water partition coefficient (Wildman–Crippen LogP) is 2.60. The minimum atomic E-state index is 0.714. The van der Waals surface area contributed by atoms with Crippen molar-refractivity contribution >= 4 is 27.7 Å². The van der Waals surface area contributed by atoms with Crippen molar-refractivity contribution in [3.8, 4) is 5.75 Å².